The van der Waals surface area contributed by atoms with Gasteiger partial charge in [-0.25, -0.2) is 0 Å². The van der Waals surface area contributed by atoms with Crippen molar-refractivity contribution >= 4 is 202 Å². The largest absolute Gasteiger partial charge is 0.505 e. The van der Waals surface area contributed by atoms with Crippen LogP contribution in [0.25, 0.3) is 32.3 Å². The molecule has 9 aromatic carbocycles. The van der Waals surface area contributed by atoms with Gasteiger partial charge in [0.1, 0.15) is 80.7 Å². The van der Waals surface area contributed by atoms with E-state index in [9.17, 15) is 150 Å². The van der Waals surface area contributed by atoms with E-state index in [1.807, 2.05) is 0 Å². The molecule has 0 heterocycles. The molecular formula is C56H48N12O36S10. The minimum absolute atomic E-state index is 0.00949. The molecule has 608 valence electrons. The van der Waals surface area contributed by atoms with Gasteiger partial charge in [0.25, 0.3) is 107 Å². The van der Waals surface area contributed by atoms with E-state index in [1.54, 1.807) is 0 Å². The van der Waals surface area contributed by atoms with E-state index in [4.69, 9.17) is 15.2 Å². The molecule has 0 amide bonds. The van der Waals surface area contributed by atoms with Gasteiger partial charge in [0.15, 0.2) is 11.5 Å². The molecule has 0 radical (unpaired) electrons. The average Bonchev–Trinajstić information content (AvgIpc) is 0.779. The molecule has 0 fully saturated rings. The first-order valence-corrected chi connectivity index (χ1v) is 44.7. The second-order valence-corrected chi connectivity index (χ2v) is 37.5. The van der Waals surface area contributed by atoms with E-state index >= 15 is 0 Å². The number of fused-ring (bicyclic) bond motifs is 3. The van der Waals surface area contributed by atoms with Crippen LogP contribution < -0.4 is 15.2 Å². The molecule has 0 saturated heterocycles. The van der Waals surface area contributed by atoms with Crippen molar-refractivity contribution < 1.29 is 154 Å². The van der Waals surface area contributed by atoms with Crippen LogP contribution >= 0.6 is 0 Å². The van der Waals surface area contributed by atoms with Crippen LogP contribution in [0.1, 0.15) is 24.0 Å². The number of non-ortho nitro benzene ring substituents is 1. The highest BCUT2D eigenvalue weighted by atomic mass is 32.3. The van der Waals surface area contributed by atoms with Crippen molar-refractivity contribution in [3.05, 3.63) is 118 Å². The highest BCUT2D eigenvalue weighted by Gasteiger charge is 2.33. The number of rotatable bonds is 29. The van der Waals surface area contributed by atoms with Gasteiger partial charge >= 0.3 is 0 Å². The normalized spacial score (nSPS) is 13.5. The van der Waals surface area contributed by atoms with Crippen molar-refractivity contribution in [2.45, 2.75) is 65.9 Å². The lowest BCUT2D eigenvalue weighted by atomic mass is 10.0. The summed E-state index contributed by atoms with van der Waals surface area (Å²) in [4.78, 5) is -0.586. The Morgan fingerprint density at radius 1 is 0.368 bits per heavy atom. The van der Waals surface area contributed by atoms with Crippen LogP contribution in [-0.4, -0.2) is 170 Å². The van der Waals surface area contributed by atoms with E-state index in [1.165, 1.54) is 19.9 Å². The molecular weight excluding hydrogens is 1740 g/mol. The Kier molecular flexibility index (Phi) is 24.2. The summed E-state index contributed by atoms with van der Waals surface area (Å²) in [5.41, 5.74) is -3.50. The molecule has 0 aliphatic rings. The van der Waals surface area contributed by atoms with E-state index in [0.717, 1.165) is 24.3 Å². The molecule has 9 aromatic rings. The SMILES string of the molecule is Cc1cc(/N=N\c2c(S(=O)(=O)O)cc3c(S(=O)(=O)O)c(N=Nc4cc(S(=O)(=O)O)c5cc(S(=O)(=O)O)c(/N=N\c6ccc([N+](=O)[O-])cc6S(=O)(=O)O)c(O)c5c4N)ccc3c2O)c(OCCCS(=O)(=O)O)cc1/N=N\c1cc(C)c(/N=N\c2cc(S(=O)(=O)O)cc3cc(S(=O)(=O)O)cc(S(=O)(=O)O)c23)cc1OCCCS(=O)(=O)O. The summed E-state index contributed by atoms with van der Waals surface area (Å²) >= 11 is 0. The number of nitro groups is 1. The number of aryl methyl sites for hydroxylation is 2. The summed E-state index contributed by atoms with van der Waals surface area (Å²) in [6.45, 7) is 1.50. The lowest BCUT2D eigenvalue weighted by molar-refractivity contribution is -0.385. The van der Waals surface area contributed by atoms with Gasteiger partial charge in [0.2, 0.25) is 0 Å². The maximum Gasteiger partial charge on any atom is 0.297 e. The highest BCUT2D eigenvalue weighted by Crippen LogP contribution is 2.51. The van der Waals surface area contributed by atoms with E-state index in [2.05, 4.69) is 51.1 Å². The van der Waals surface area contributed by atoms with Gasteiger partial charge in [-0.2, -0.15) is 94.4 Å². The molecule has 0 aliphatic heterocycles. The standard InChI is InChI=1S/C56H48N12O36S10/c1-25-13-38(42(103-9-3-11-105(73,74)75)23-37(25)61-64-40-18-29(107(79,80)81)15-27-16-30(108(82,83)84)19-46(49(27)40)111(91,92)93)62-60-36-22-43(104-10-4-12-106(76,77)78)39(14-26(36)2)63-66-52-47(112(94,95)96)20-32-31(54(52)69)6-8-35(56(32)114(100,101)102)59-65-41-24-44(109(85,86)87)33-21-48(113(97,98)99)53(55(70)50(33)51(41)57)67-58-34-7-5-28(68(71)72)17-45(34)110(88,89)90/h5-8,13-24,69-70H,3-4,9-12,57H2,1-2H3,(H,73,74,75)(H,76,77,78)(H,79,80,81)(H,82,83,84)(H,85,86,87)(H,88,89,90)(H,91,92,93)(H,94,95,96)(H,97,98,99)(H,100,101,102)/b62-60-,64-61-,65-59?,66-63-,67-58-. The fraction of sp³-hybridized carbons (Fsp3) is 0.143. The molecule has 0 aromatic heterocycles. The Morgan fingerprint density at radius 3 is 1.24 bits per heavy atom. The van der Waals surface area contributed by atoms with Crippen molar-refractivity contribution in [3.8, 4) is 23.0 Å². The zero-order chi connectivity index (χ0) is 85.1. The van der Waals surface area contributed by atoms with Crippen LogP contribution in [-0.2, 0) is 101 Å². The molecule has 0 atom stereocenters. The third-order valence-electron chi connectivity index (χ3n) is 15.3. The summed E-state index contributed by atoms with van der Waals surface area (Å²) in [6, 6.07) is 9.95. The molecule has 14 N–H and O–H groups in total. The summed E-state index contributed by atoms with van der Waals surface area (Å²) in [5, 5.41) is 67.6. The summed E-state index contributed by atoms with van der Waals surface area (Å²) in [6.07, 6.45) is -0.885. The molecule has 9 rings (SSSR count). The number of anilines is 1. The number of aromatic hydroxyl groups is 2. The Balaban J connectivity index is 1.15. The van der Waals surface area contributed by atoms with Gasteiger partial charge in [0.05, 0.1) is 67.6 Å². The molecule has 0 spiro atoms. The van der Waals surface area contributed by atoms with Crippen molar-refractivity contribution in [1.82, 2.24) is 0 Å². The van der Waals surface area contributed by atoms with Crippen molar-refractivity contribution in [2.24, 2.45) is 51.1 Å². The summed E-state index contributed by atoms with van der Waals surface area (Å²) in [7, 11) is -53.8. The number of benzene rings is 9. The minimum atomic E-state index is -5.86. The third kappa shape index (κ3) is 20.2. The van der Waals surface area contributed by atoms with Crippen LogP contribution in [0.5, 0.6) is 23.0 Å². The number of phenols is 2. The lowest BCUT2D eigenvalue weighted by Crippen LogP contribution is -2.08. The number of hydrogen-bond acceptors (Lipinski definition) is 37. The highest BCUT2D eigenvalue weighted by molar-refractivity contribution is 7.88. The first-order chi connectivity index (χ1) is 52.2. The van der Waals surface area contributed by atoms with Gasteiger partial charge in [-0.05, 0) is 116 Å². The second kappa shape index (κ2) is 31.6. The summed E-state index contributed by atoms with van der Waals surface area (Å²) in [5.74, 6) is -5.62. The Hall–Kier alpha value is -10.7. The number of hydrogen-bond donors (Lipinski definition) is 13. The average molecular weight is 1790 g/mol. The smallest absolute Gasteiger partial charge is 0.297 e. The maximum atomic E-state index is 13.4. The van der Waals surface area contributed by atoms with Crippen LogP contribution in [0.3, 0.4) is 0 Å². The van der Waals surface area contributed by atoms with Crippen LogP contribution in [0.15, 0.2) is 187 Å². The predicted molar refractivity (Wildman–Crippen MR) is 387 cm³/mol. The van der Waals surface area contributed by atoms with Crippen LogP contribution in [0.4, 0.5) is 68.2 Å². The molecule has 58 heteroatoms. The fourth-order valence-electron chi connectivity index (χ4n) is 10.3. The van der Waals surface area contributed by atoms with Gasteiger partial charge in [-0.3, -0.25) is 55.6 Å². The lowest BCUT2D eigenvalue weighted by Gasteiger charge is -2.15. The molecule has 0 saturated carbocycles. The minimum Gasteiger partial charge on any atom is -0.505 e. The number of nitrogen functional groups attached to an aromatic ring is 1. The van der Waals surface area contributed by atoms with Crippen LogP contribution in [0.2, 0.25) is 0 Å². The molecule has 0 aliphatic carbocycles. The van der Waals surface area contributed by atoms with Crippen molar-refractivity contribution in [1.29, 1.82) is 0 Å². The molecule has 114 heavy (non-hydrogen) atoms. The zero-order valence-corrected chi connectivity index (χ0v) is 64.4. The number of phenolic OH excluding ortho intramolecular Hbond substituents is 2. The number of ether oxygens (including phenoxy) is 2. The number of azo groups is 5. The predicted octanol–water partition coefficient (Wildman–Crippen LogP) is 10.0. The van der Waals surface area contributed by atoms with E-state index < -0.39 is 284 Å². The van der Waals surface area contributed by atoms with Gasteiger partial charge in [-0.15, -0.1) is 40.9 Å². The number of nitrogens with zero attached hydrogens (tertiary/aromatic N) is 11. The van der Waals surface area contributed by atoms with Crippen LogP contribution in [0, 0.1) is 24.0 Å². The van der Waals surface area contributed by atoms with Gasteiger partial charge < -0.3 is 25.4 Å². The number of nitrogens with two attached hydrogens (primary N) is 1. The maximum absolute atomic E-state index is 13.4. The molecule has 0 unspecified atom stereocenters. The Labute approximate surface area is 640 Å². The fourth-order valence-corrected chi connectivity index (χ4v) is 16.6. The molecule has 0 bridgehead atoms. The van der Waals surface area contributed by atoms with E-state index in [0.29, 0.717) is 48.5 Å². The number of nitro benzene ring substituents is 1. The monoisotopic (exact) mass is 1780 g/mol. The molecule has 48 nitrogen and oxygen atoms in total. The van der Waals surface area contributed by atoms with Gasteiger partial charge in [-0.1, -0.05) is 0 Å². The third-order valence-corrected chi connectivity index (χ3v) is 23.9. The second-order valence-electron chi connectivity index (χ2n) is 23.2. The van der Waals surface area contributed by atoms with E-state index in [-0.39, 0.29) is 52.1 Å². The Bertz CT molecular complexity index is 7070. The van der Waals surface area contributed by atoms with Crippen molar-refractivity contribution in [2.75, 3.05) is 30.5 Å². The topological polar surface area (TPSA) is 795 Å². The van der Waals surface area contributed by atoms with Crippen molar-refractivity contribution in [3.63, 3.8) is 0 Å². The van der Waals surface area contributed by atoms with Gasteiger partial charge in [0, 0.05) is 45.8 Å². The quantitative estimate of drug-likeness (QED) is 0.00517. The summed E-state index contributed by atoms with van der Waals surface area (Å²) < 4.78 is 362. The first-order valence-electron chi connectivity index (χ1n) is 29.9. The first kappa shape index (κ1) is 87.2. The Morgan fingerprint density at radius 2 is 0.781 bits per heavy atom. The zero-order valence-electron chi connectivity index (χ0n) is 56.2.